The molecular weight excluding hydrogens is 441 g/mol. The number of fused-ring (bicyclic) bond motifs is 1. The highest BCUT2D eigenvalue weighted by atomic mass is 19.4. The van der Waals surface area contributed by atoms with Crippen molar-refractivity contribution >= 4 is 39.9 Å². The number of methoxy groups -OCH3 is 1. The van der Waals surface area contributed by atoms with Gasteiger partial charge < -0.3 is 20.7 Å². The number of amides is 2. The van der Waals surface area contributed by atoms with Gasteiger partial charge >= 0.3 is 6.18 Å². The highest BCUT2D eigenvalue weighted by molar-refractivity contribution is 6.02. The highest BCUT2D eigenvalue weighted by Crippen LogP contribution is 2.37. The van der Waals surface area contributed by atoms with Gasteiger partial charge in [0.1, 0.15) is 17.9 Å². The molecule has 1 saturated carbocycles. The summed E-state index contributed by atoms with van der Waals surface area (Å²) in [7, 11) is 1.26. The first-order chi connectivity index (χ1) is 16.8. The van der Waals surface area contributed by atoms with Crippen molar-refractivity contribution < 1.29 is 31.6 Å². The lowest BCUT2D eigenvalue weighted by Crippen LogP contribution is -2.21. The summed E-state index contributed by atoms with van der Waals surface area (Å²) >= 11 is 0. The second kappa shape index (κ2) is 8.60. The highest BCUT2D eigenvalue weighted by Gasteiger charge is 2.31. The molecule has 0 aliphatic heterocycles. The largest absolute Gasteiger partial charge is 0.492 e. The first-order valence-electron chi connectivity index (χ1n) is 11.3. The van der Waals surface area contributed by atoms with E-state index < -0.39 is 25.6 Å². The Hall–Kier alpha value is -3.83. The molecule has 1 aromatic carbocycles. The monoisotopic (exact) mass is 465 g/mol. The lowest BCUT2D eigenvalue weighted by molar-refractivity contribution is -0.141. The zero-order valence-electron chi connectivity index (χ0n) is 20.3. The smallest absolute Gasteiger partial charge is 0.408 e. The molecule has 2 heterocycles. The van der Waals surface area contributed by atoms with Crippen molar-refractivity contribution in [1.29, 1.82) is 0 Å². The molecule has 12 heteroatoms. The minimum absolute atomic E-state index is 0.0109. The molecule has 1 aliphatic carbocycles. The van der Waals surface area contributed by atoms with Gasteiger partial charge in [-0.05, 0) is 25.0 Å². The van der Waals surface area contributed by atoms with Gasteiger partial charge in [0.15, 0.2) is 5.75 Å². The van der Waals surface area contributed by atoms with E-state index in [1.54, 1.807) is 0 Å². The van der Waals surface area contributed by atoms with Crippen LogP contribution in [0.15, 0.2) is 30.6 Å². The lowest BCUT2D eigenvalue weighted by Gasteiger charge is -2.17. The van der Waals surface area contributed by atoms with Gasteiger partial charge in [0.2, 0.25) is 5.91 Å². The number of alkyl halides is 3. The first-order valence-corrected chi connectivity index (χ1v) is 9.84. The maximum Gasteiger partial charge on any atom is 0.408 e. The maximum absolute atomic E-state index is 13.1. The molecule has 0 unspecified atom stereocenters. The Kier molecular flexibility index (Phi) is 4.88. The molecule has 33 heavy (non-hydrogen) atoms. The molecule has 0 spiro atoms. The van der Waals surface area contributed by atoms with E-state index in [0.717, 1.165) is 23.7 Å². The lowest BCUT2D eigenvalue weighted by atomic mass is 10.1. The van der Waals surface area contributed by atoms with Crippen molar-refractivity contribution in [3.63, 3.8) is 0 Å². The fraction of sp³-hybridized carbons (Fsp3) is 0.333. The predicted molar refractivity (Wildman–Crippen MR) is 115 cm³/mol. The van der Waals surface area contributed by atoms with Gasteiger partial charge in [0.25, 0.3) is 5.91 Å². The molecule has 0 bridgehead atoms. The van der Waals surface area contributed by atoms with Gasteiger partial charge in [-0.15, -0.1) is 0 Å². The van der Waals surface area contributed by atoms with Crippen molar-refractivity contribution in [3.05, 3.63) is 36.2 Å². The summed E-state index contributed by atoms with van der Waals surface area (Å²) in [5.74, 6) is -1.24. The van der Waals surface area contributed by atoms with Crippen molar-refractivity contribution in [2.75, 3.05) is 24.7 Å². The molecule has 4 rings (SSSR count). The van der Waals surface area contributed by atoms with Crippen LogP contribution in [0.25, 0.3) is 10.9 Å². The summed E-state index contributed by atoms with van der Waals surface area (Å²) in [6, 6.07) is 4.35. The number of carbonyl (C=O) groups excluding carboxylic acids is 2. The Bertz CT molecular complexity index is 1320. The molecule has 0 atom stereocenters. The Morgan fingerprint density at radius 1 is 1.27 bits per heavy atom. The van der Waals surface area contributed by atoms with Crippen LogP contribution in [-0.4, -0.2) is 46.8 Å². The van der Waals surface area contributed by atoms with E-state index in [0.29, 0.717) is 5.39 Å². The van der Waals surface area contributed by atoms with E-state index >= 15 is 0 Å². The third-order valence-electron chi connectivity index (χ3n) is 5.02. The summed E-state index contributed by atoms with van der Waals surface area (Å²) in [5.41, 5.74) is 0.0889. The van der Waals surface area contributed by atoms with Crippen molar-refractivity contribution in [3.8, 4) is 5.75 Å². The van der Waals surface area contributed by atoms with Crippen LogP contribution >= 0.6 is 0 Å². The molecule has 1 fully saturated rings. The van der Waals surface area contributed by atoms with Crippen molar-refractivity contribution in [2.24, 2.45) is 5.92 Å². The van der Waals surface area contributed by atoms with E-state index in [9.17, 15) is 22.8 Å². The summed E-state index contributed by atoms with van der Waals surface area (Å²) < 4.78 is 67.3. The molecule has 2 aromatic heterocycles. The molecular formula is C21H21F3N6O3. The zero-order chi connectivity index (χ0) is 26.3. The third kappa shape index (κ3) is 4.83. The van der Waals surface area contributed by atoms with Crippen LogP contribution < -0.4 is 20.7 Å². The molecule has 174 valence electrons. The fourth-order valence-corrected chi connectivity index (χ4v) is 3.34. The van der Waals surface area contributed by atoms with Gasteiger partial charge in [0, 0.05) is 34.7 Å². The molecule has 0 saturated heterocycles. The van der Waals surface area contributed by atoms with Gasteiger partial charge in [-0.25, -0.2) is 4.98 Å². The Labute approximate surface area is 190 Å². The summed E-state index contributed by atoms with van der Waals surface area (Å²) in [6.07, 6.45) is -0.684. The number of nitrogens with zero attached hydrogens (tertiary/aromatic N) is 3. The average molecular weight is 465 g/mol. The molecule has 3 N–H and O–H groups in total. The van der Waals surface area contributed by atoms with Gasteiger partial charge in [-0.3, -0.25) is 14.3 Å². The van der Waals surface area contributed by atoms with E-state index in [1.807, 2.05) is 5.32 Å². The quantitative estimate of drug-likeness (QED) is 0.493. The van der Waals surface area contributed by atoms with Gasteiger partial charge in [-0.1, -0.05) is 0 Å². The molecule has 9 nitrogen and oxygen atoms in total. The first kappa shape index (κ1) is 18.7. The van der Waals surface area contributed by atoms with Crippen LogP contribution in [0.5, 0.6) is 5.75 Å². The minimum atomic E-state index is -4.53. The standard InChI is InChI=1S/C21H21F3N6O3/c1-25-20(32)13-9-26-16(29-19(31)11-3-4-11)7-15(13)28-14-6-5-12-8-27-30(10-21(22,23)24)17(12)18(14)33-2/h5-9,11H,3-4,10H2,1-2H3,(H,25,32)(H2,26,28,29,31)/i1D3. The molecule has 2 amide bonds. The van der Waals surface area contributed by atoms with Crippen LogP contribution in [0.1, 0.15) is 27.3 Å². The van der Waals surface area contributed by atoms with E-state index in [-0.39, 0.29) is 45.8 Å². The van der Waals surface area contributed by atoms with Crippen LogP contribution in [0.4, 0.5) is 30.4 Å². The van der Waals surface area contributed by atoms with E-state index in [4.69, 9.17) is 8.85 Å². The number of carbonyl (C=O) groups is 2. The fourth-order valence-electron chi connectivity index (χ4n) is 3.34. The van der Waals surface area contributed by atoms with Gasteiger partial charge in [0.05, 0.1) is 30.2 Å². The second-order valence-electron chi connectivity index (χ2n) is 7.46. The second-order valence-corrected chi connectivity index (χ2v) is 7.46. The number of aromatic nitrogens is 3. The van der Waals surface area contributed by atoms with Crippen LogP contribution in [0.2, 0.25) is 0 Å². The number of anilines is 3. The summed E-state index contributed by atoms with van der Waals surface area (Å²) in [4.78, 5) is 28.9. The number of pyridine rings is 1. The Morgan fingerprint density at radius 2 is 2.06 bits per heavy atom. The SMILES string of the molecule is [2H]C([2H])([2H])NC(=O)c1cnc(NC(=O)C2CC2)cc1Nc1ccc2cnn(CC(F)(F)F)c2c1OC. The topological polar surface area (TPSA) is 110 Å². The average Bonchev–Trinajstić information content (AvgIpc) is 3.54. The number of halogens is 3. The Morgan fingerprint density at radius 3 is 2.73 bits per heavy atom. The van der Waals surface area contributed by atoms with Crippen LogP contribution in [0, 0.1) is 5.92 Å². The van der Waals surface area contributed by atoms with E-state index in [1.165, 1.54) is 31.5 Å². The van der Waals surface area contributed by atoms with Crippen molar-refractivity contribution in [1.82, 2.24) is 20.1 Å². The molecule has 0 radical (unpaired) electrons. The number of benzene rings is 1. The Balaban J connectivity index is 1.75. The number of hydrogen-bond donors (Lipinski definition) is 3. The molecule has 3 aromatic rings. The predicted octanol–water partition coefficient (Wildman–Crippen LogP) is 3.45. The third-order valence-corrected chi connectivity index (χ3v) is 5.02. The minimum Gasteiger partial charge on any atom is -0.492 e. The number of hydrogen-bond acceptors (Lipinski definition) is 6. The van der Waals surface area contributed by atoms with E-state index in [2.05, 4.69) is 20.7 Å². The van der Waals surface area contributed by atoms with Crippen LogP contribution in [0.3, 0.4) is 0 Å². The zero-order valence-corrected chi connectivity index (χ0v) is 17.3. The maximum atomic E-state index is 13.1. The summed E-state index contributed by atoms with van der Waals surface area (Å²) in [5, 5.41) is 11.6. The number of rotatable bonds is 7. The molecule has 1 aliphatic rings. The van der Waals surface area contributed by atoms with Crippen molar-refractivity contribution in [2.45, 2.75) is 25.6 Å². The number of ether oxygens (including phenoxy) is 1. The normalized spacial score (nSPS) is 15.3. The van der Waals surface area contributed by atoms with Crippen LogP contribution in [-0.2, 0) is 11.3 Å². The number of nitrogens with one attached hydrogen (secondary N) is 3. The van der Waals surface area contributed by atoms with Gasteiger partial charge in [-0.2, -0.15) is 18.3 Å². The summed E-state index contributed by atoms with van der Waals surface area (Å²) in [6.45, 7) is -4.14.